The SMILES string of the molecule is Cn1nc(C2CC2)nc1-c1cc(N)cc(Br)c1. The van der Waals surface area contributed by atoms with Crippen LogP contribution in [0.1, 0.15) is 24.6 Å². The van der Waals surface area contributed by atoms with Gasteiger partial charge in [0, 0.05) is 28.7 Å². The Labute approximate surface area is 108 Å². The Hall–Kier alpha value is -1.36. The molecular formula is C12H13BrN4. The zero-order valence-electron chi connectivity index (χ0n) is 9.52. The van der Waals surface area contributed by atoms with Crippen molar-refractivity contribution in [3.63, 3.8) is 0 Å². The van der Waals surface area contributed by atoms with Gasteiger partial charge in [-0.05, 0) is 31.0 Å². The van der Waals surface area contributed by atoms with Gasteiger partial charge in [0.05, 0.1) is 0 Å². The zero-order valence-corrected chi connectivity index (χ0v) is 11.1. The van der Waals surface area contributed by atoms with Gasteiger partial charge in [-0.15, -0.1) is 0 Å². The smallest absolute Gasteiger partial charge is 0.158 e. The van der Waals surface area contributed by atoms with Crippen LogP contribution in [0.25, 0.3) is 11.4 Å². The first kappa shape index (κ1) is 10.8. The van der Waals surface area contributed by atoms with Gasteiger partial charge in [0.15, 0.2) is 11.6 Å². The largest absolute Gasteiger partial charge is 0.399 e. The summed E-state index contributed by atoms with van der Waals surface area (Å²) in [5.41, 5.74) is 7.56. The number of hydrogen-bond acceptors (Lipinski definition) is 3. The van der Waals surface area contributed by atoms with Crippen LogP contribution < -0.4 is 5.73 Å². The average molecular weight is 293 g/mol. The second kappa shape index (κ2) is 3.84. The van der Waals surface area contributed by atoms with Crippen molar-refractivity contribution >= 4 is 21.6 Å². The summed E-state index contributed by atoms with van der Waals surface area (Å²) in [4.78, 5) is 4.60. The quantitative estimate of drug-likeness (QED) is 0.866. The predicted molar refractivity (Wildman–Crippen MR) is 70.5 cm³/mol. The molecular weight excluding hydrogens is 280 g/mol. The number of aromatic nitrogens is 3. The lowest BCUT2D eigenvalue weighted by atomic mass is 10.2. The van der Waals surface area contributed by atoms with Crippen LogP contribution in [-0.2, 0) is 7.05 Å². The molecule has 1 aromatic carbocycles. The number of halogens is 1. The highest BCUT2D eigenvalue weighted by Crippen LogP contribution is 2.39. The fourth-order valence-electron chi connectivity index (χ4n) is 1.91. The Kier molecular flexibility index (Phi) is 2.43. The minimum atomic E-state index is 0.569. The molecule has 1 fully saturated rings. The van der Waals surface area contributed by atoms with Gasteiger partial charge in [-0.25, -0.2) is 9.67 Å². The highest BCUT2D eigenvalue weighted by atomic mass is 79.9. The van der Waals surface area contributed by atoms with Crippen molar-refractivity contribution < 1.29 is 0 Å². The van der Waals surface area contributed by atoms with Gasteiger partial charge in [-0.2, -0.15) is 5.10 Å². The van der Waals surface area contributed by atoms with Crippen molar-refractivity contribution in [3.8, 4) is 11.4 Å². The predicted octanol–water partition coefficient (Wildman–Crippen LogP) is 2.70. The van der Waals surface area contributed by atoms with Crippen molar-refractivity contribution in [1.29, 1.82) is 0 Å². The van der Waals surface area contributed by atoms with Crippen LogP contribution in [0, 0.1) is 0 Å². The number of hydrogen-bond donors (Lipinski definition) is 1. The molecule has 2 aromatic rings. The van der Waals surface area contributed by atoms with Gasteiger partial charge in [0.25, 0.3) is 0 Å². The Morgan fingerprint density at radius 2 is 2.12 bits per heavy atom. The molecule has 0 radical (unpaired) electrons. The first-order valence-electron chi connectivity index (χ1n) is 5.61. The van der Waals surface area contributed by atoms with Gasteiger partial charge in [0.1, 0.15) is 0 Å². The molecule has 3 rings (SSSR count). The van der Waals surface area contributed by atoms with Gasteiger partial charge in [0.2, 0.25) is 0 Å². The third-order valence-electron chi connectivity index (χ3n) is 2.90. The number of anilines is 1. The Bertz CT molecular complexity index is 552. The number of rotatable bonds is 2. The van der Waals surface area contributed by atoms with E-state index in [1.54, 1.807) is 0 Å². The first-order chi connectivity index (χ1) is 8.13. The molecule has 5 heteroatoms. The molecule has 0 unspecified atom stereocenters. The van der Waals surface area contributed by atoms with E-state index in [9.17, 15) is 0 Å². The second-order valence-electron chi connectivity index (χ2n) is 4.46. The zero-order chi connectivity index (χ0) is 12.0. The molecule has 0 bridgehead atoms. The lowest BCUT2D eigenvalue weighted by molar-refractivity contribution is 0.750. The van der Waals surface area contributed by atoms with Crippen LogP contribution in [0.5, 0.6) is 0 Å². The molecule has 1 aliphatic rings. The normalized spacial score (nSPS) is 15.2. The van der Waals surface area contributed by atoms with Crippen LogP contribution in [0.3, 0.4) is 0 Å². The van der Waals surface area contributed by atoms with E-state index >= 15 is 0 Å². The molecule has 1 saturated carbocycles. The van der Waals surface area contributed by atoms with Crippen LogP contribution in [0.15, 0.2) is 22.7 Å². The molecule has 2 N–H and O–H groups in total. The fourth-order valence-corrected chi connectivity index (χ4v) is 2.42. The number of nitrogens with two attached hydrogens (primary N) is 1. The van der Waals surface area contributed by atoms with Crippen molar-refractivity contribution in [2.45, 2.75) is 18.8 Å². The average Bonchev–Trinajstić information content (AvgIpc) is 3.01. The number of aryl methyl sites for hydroxylation is 1. The monoisotopic (exact) mass is 292 g/mol. The summed E-state index contributed by atoms with van der Waals surface area (Å²) in [6, 6.07) is 5.81. The molecule has 88 valence electrons. The molecule has 1 aliphatic carbocycles. The Morgan fingerprint density at radius 1 is 1.35 bits per heavy atom. The van der Waals surface area contributed by atoms with E-state index in [0.29, 0.717) is 5.92 Å². The molecule has 0 aliphatic heterocycles. The Morgan fingerprint density at radius 3 is 2.76 bits per heavy atom. The highest BCUT2D eigenvalue weighted by molar-refractivity contribution is 9.10. The maximum atomic E-state index is 5.84. The fraction of sp³-hybridized carbons (Fsp3) is 0.333. The minimum Gasteiger partial charge on any atom is -0.399 e. The Balaban J connectivity index is 2.07. The van der Waals surface area contributed by atoms with Gasteiger partial charge in [-0.1, -0.05) is 15.9 Å². The molecule has 1 heterocycles. The summed E-state index contributed by atoms with van der Waals surface area (Å²) in [6.45, 7) is 0. The third-order valence-corrected chi connectivity index (χ3v) is 3.36. The molecule has 0 saturated heterocycles. The van der Waals surface area contributed by atoms with Crippen LogP contribution >= 0.6 is 15.9 Å². The van der Waals surface area contributed by atoms with E-state index in [4.69, 9.17) is 5.73 Å². The molecule has 0 amide bonds. The van der Waals surface area contributed by atoms with Gasteiger partial charge < -0.3 is 5.73 Å². The summed E-state index contributed by atoms with van der Waals surface area (Å²) in [7, 11) is 1.92. The van der Waals surface area contributed by atoms with E-state index in [-0.39, 0.29) is 0 Å². The summed E-state index contributed by atoms with van der Waals surface area (Å²) in [6.07, 6.45) is 2.42. The van der Waals surface area contributed by atoms with E-state index in [1.165, 1.54) is 12.8 Å². The van der Waals surface area contributed by atoms with Gasteiger partial charge in [-0.3, -0.25) is 0 Å². The second-order valence-corrected chi connectivity index (χ2v) is 5.38. The highest BCUT2D eigenvalue weighted by Gasteiger charge is 2.28. The molecule has 4 nitrogen and oxygen atoms in total. The van der Waals surface area contributed by atoms with E-state index < -0.39 is 0 Å². The molecule has 0 spiro atoms. The van der Waals surface area contributed by atoms with Crippen LogP contribution in [0.4, 0.5) is 5.69 Å². The lowest BCUT2D eigenvalue weighted by Gasteiger charge is -2.02. The van der Waals surface area contributed by atoms with Crippen LogP contribution in [0.2, 0.25) is 0 Å². The molecule has 17 heavy (non-hydrogen) atoms. The number of nitrogen functional groups attached to an aromatic ring is 1. The topological polar surface area (TPSA) is 56.7 Å². The van der Waals surface area contributed by atoms with E-state index in [1.807, 2.05) is 29.9 Å². The number of benzene rings is 1. The summed E-state index contributed by atoms with van der Waals surface area (Å²) >= 11 is 3.45. The van der Waals surface area contributed by atoms with Crippen molar-refractivity contribution in [3.05, 3.63) is 28.5 Å². The minimum absolute atomic E-state index is 0.569. The van der Waals surface area contributed by atoms with E-state index in [0.717, 1.165) is 27.4 Å². The van der Waals surface area contributed by atoms with Crippen molar-refractivity contribution in [2.24, 2.45) is 7.05 Å². The summed E-state index contributed by atoms with van der Waals surface area (Å²) in [5, 5.41) is 4.46. The van der Waals surface area contributed by atoms with Crippen molar-refractivity contribution in [2.75, 3.05) is 5.73 Å². The third kappa shape index (κ3) is 2.07. The maximum Gasteiger partial charge on any atom is 0.158 e. The number of nitrogens with zero attached hydrogens (tertiary/aromatic N) is 3. The van der Waals surface area contributed by atoms with E-state index in [2.05, 4.69) is 26.0 Å². The summed E-state index contributed by atoms with van der Waals surface area (Å²) < 4.78 is 2.79. The summed E-state index contributed by atoms with van der Waals surface area (Å²) in [5.74, 6) is 2.40. The lowest BCUT2D eigenvalue weighted by Crippen LogP contribution is -1.95. The van der Waals surface area contributed by atoms with Gasteiger partial charge >= 0.3 is 0 Å². The molecule has 1 aromatic heterocycles. The first-order valence-corrected chi connectivity index (χ1v) is 6.40. The van der Waals surface area contributed by atoms with Crippen molar-refractivity contribution in [1.82, 2.24) is 14.8 Å². The maximum absolute atomic E-state index is 5.84. The van der Waals surface area contributed by atoms with Crippen LogP contribution in [-0.4, -0.2) is 14.8 Å². The molecule has 0 atom stereocenters. The standard InChI is InChI=1S/C12H13BrN4/c1-17-12(15-11(16-17)7-2-3-7)8-4-9(13)6-10(14)5-8/h4-7H,2-3,14H2,1H3.